The van der Waals surface area contributed by atoms with Crippen LogP contribution in [-0.2, 0) is 16.1 Å². The lowest BCUT2D eigenvalue weighted by atomic mass is 10.1. The molecule has 2 aromatic carbocycles. The van der Waals surface area contributed by atoms with Crippen LogP contribution in [0.1, 0.15) is 28.8 Å². The van der Waals surface area contributed by atoms with E-state index in [9.17, 15) is 23.2 Å². The molecule has 2 aromatic rings. The summed E-state index contributed by atoms with van der Waals surface area (Å²) in [6, 6.07) is 12.2. The highest BCUT2D eigenvalue weighted by Gasteiger charge is 2.28. The summed E-state index contributed by atoms with van der Waals surface area (Å²) >= 11 is 0. The molecule has 27 heavy (non-hydrogen) atoms. The van der Waals surface area contributed by atoms with E-state index in [1.54, 1.807) is 18.2 Å². The summed E-state index contributed by atoms with van der Waals surface area (Å²) in [6.07, 6.45) is 0.443. The summed E-state index contributed by atoms with van der Waals surface area (Å²) in [4.78, 5) is 36.8. The van der Waals surface area contributed by atoms with Crippen LogP contribution in [0.5, 0.6) is 5.75 Å². The van der Waals surface area contributed by atoms with Gasteiger partial charge in [-0.15, -0.1) is 0 Å². The van der Waals surface area contributed by atoms with Gasteiger partial charge in [0.15, 0.2) is 0 Å². The highest BCUT2D eigenvalue weighted by molar-refractivity contribution is 6.05. The zero-order valence-electron chi connectivity index (χ0n) is 14.2. The summed E-state index contributed by atoms with van der Waals surface area (Å²) in [5.74, 6) is -1.06. The first-order valence-corrected chi connectivity index (χ1v) is 8.21. The Kier molecular flexibility index (Phi) is 5.44. The Morgan fingerprint density at radius 3 is 2.30 bits per heavy atom. The number of hydrogen-bond acceptors (Lipinski definition) is 4. The Bertz CT molecular complexity index is 852. The molecular formula is C19H16F2N2O4. The van der Waals surface area contributed by atoms with Crippen molar-refractivity contribution in [3.05, 3.63) is 59.7 Å². The predicted octanol–water partition coefficient (Wildman–Crippen LogP) is 3.19. The third-order valence-corrected chi connectivity index (χ3v) is 4.06. The molecule has 0 spiro atoms. The maximum absolute atomic E-state index is 12.4. The van der Waals surface area contributed by atoms with Crippen molar-refractivity contribution in [1.82, 2.24) is 4.90 Å². The van der Waals surface area contributed by atoms with Gasteiger partial charge in [0.2, 0.25) is 11.8 Å². The molecule has 6 nitrogen and oxygen atoms in total. The van der Waals surface area contributed by atoms with Crippen molar-refractivity contribution in [2.75, 3.05) is 5.32 Å². The fourth-order valence-corrected chi connectivity index (χ4v) is 2.71. The second-order valence-electron chi connectivity index (χ2n) is 5.90. The number of anilines is 1. The number of amides is 3. The number of likely N-dealkylation sites (tertiary alicyclic amines) is 1. The fourth-order valence-electron chi connectivity index (χ4n) is 2.71. The molecule has 8 heteroatoms. The SMILES string of the molecule is O=C(Nc1ccccc1OC(F)F)c1ccc(CN2C(=O)CCC2=O)cc1. The number of carbonyl (C=O) groups is 3. The molecule has 0 aromatic heterocycles. The molecule has 0 radical (unpaired) electrons. The lowest BCUT2D eigenvalue weighted by molar-refractivity contribution is -0.139. The van der Waals surface area contributed by atoms with E-state index in [2.05, 4.69) is 10.1 Å². The second kappa shape index (κ2) is 7.94. The molecule has 1 fully saturated rings. The molecule has 3 amide bonds. The highest BCUT2D eigenvalue weighted by atomic mass is 19.3. The van der Waals surface area contributed by atoms with Crippen molar-refractivity contribution in [3.8, 4) is 5.75 Å². The van der Waals surface area contributed by atoms with E-state index in [0.717, 1.165) is 0 Å². The Morgan fingerprint density at radius 2 is 1.67 bits per heavy atom. The number of carbonyl (C=O) groups excluding carboxylic acids is 3. The summed E-state index contributed by atoms with van der Waals surface area (Å²) in [5, 5.41) is 2.52. The minimum absolute atomic E-state index is 0.125. The van der Waals surface area contributed by atoms with E-state index in [1.165, 1.54) is 35.2 Å². The number of imide groups is 1. The Morgan fingerprint density at radius 1 is 1.04 bits per heavy atom. The largest absolute Gasteiger partial charge is 0.433 e. The first-order chi connectivity index (χ1) is 12.9. The van der Waals surface area contributed by atoms with Gasteiger partial charge in [-0.2, -0.15) is 8.78 Å². The number of nitrogens with one attached hydrogen (secondary N) is 1. The van der Waals surface area contributed by atoms with Crippen LogP contribution in [0.2, 0.25) is 0 Å². The molecule has 0 saturated carbocycles. The molecule has 140 valence electrons. The topological polar surface area (TPSA) is 75.7 Å². The third kappa shape index (κ3) is 4.46. The zero-order chi connectivity index (χ0) is 19.4. The number of halogens is 2. The van der Waals surface area contributed by atoms with Gasteiger partial charge in [0.05, 0.1) is 12.2 Å². The molecule has 0 bridgehead atoms. The number of rotatable bonds is 6. The first kappa shape index (κ1) is 18.5. The van der Waals surface area contributed by atoms with Gasteiger partial charge < -0.3 is 10.1 Å². The Labute approximate surface area is 153 Å². The van der Waals surface area contributed by atoms with Crippen LogP contribution in [0.3, 0.4) is 0 Å². The van der Waals surface area contributed by atoms with Gasteiger partial charge in [0.1, 0.15) is 5.75 Å². The average Bonchev–Trinajstić information content (AvgIpc) is 2.95. The van der Waals surface area contributed by atoms with Crippen LogP contribution in [0.25, 0.3) is 0 Å². The number of para-hydroxylation sites is 2. The normalized spacial score (nSPS) is 14.0. The van der Waals surface area contributed by atoms with E-state index in [-0.39, 0.29) is 42.6 Å². The second-order valence-corrected chi connectivity index (χ2v) is 5.90. The van der Waals surface area contributed by atoms with Crippen LogP contribution in [0, 0.1) is 0 Å². The predicted molar refractivity (Wildman–Crippen MR) is 92.3 cm³/mol. The first-order valence-electron chi connectivity index (χ1n) is 8.21. The van der Waals surface area contributed by atoms with Crippen molar-refractivity contribution in [3.63, 3.8) is 0 Å². The number of ether oxygens (including phenoxy) is 1. The molecular weight excluding hydrogens is 358 g/mol. The van der Waals surface area contributed by atoms with Gasteiger partial charge in [0, 0.05) is 18.4 Å². The minimum Gasteiger partial charge on any atom is -0.433 e. The minimum atomic E-state index is -3.00. The monoisotopic (exact) mass is 374 g/mol. The standard InChI is InChI=1S/C19H16F2N2O4/c20-19(21)27-15-4-2-1-3-14(15)22-18(26)13-7-5-12(6-8-13)11-23-16(24)9-10-17(23)25/h1-8,19H,9-11H2,(H,22,26). The molecule has 0 aliphatic carbocycles. The third-order valence-electron chi connectivity index (χ3n) is 4.06. The van der Waals surface area contributed by atoms with E-state index in [1.807, 2.05) is 0 Å². The molecule has 3 rings (SSSR count). The fraction of sp³-hybridized carbons (Fsp3) is 0.211. The summed E-state index contributed by atoms with van der Waals surface area (Å²) < 4.78 is 29.3. The lowest BCUT2D eigenvalue weighted by Crippen LogP contribution is -2.28. The van der Waals surface area contributed by atoms with Gasteiger partial charge in [0.25, 0.3) is 5.91 Å². The van der Waals surface area contributed by atoms with Crippen molar-refractivity contribution >= 4 is 23.4 Å². The zero-order valence-corrected chi connectivity index (χ0v) is 14.2. The van der Waals surface area contributed by atoms with Crippen LogP contribution < -0.4 is 10.1 Å². The molecule has 0 atom stereocenters. The summed E-state index contributed by atoms with van der Waals surface area (Å²) in [5.41, 5.74) is 1.13. The molecule has 0 unspecified atom stereocenters. The highest BCUT2D eigenvalue weighted by Crippen LogP contribution is 2.26. The van der Waals surface area contributed by atoms with Gasteiger partial charge in [-0.3, -0.25) is 19.3 Å². The van der Waals surface area contributed by atoms with E-state index < -0.39 is 12.5 Å². The maximum atomic E-state index is 12.4. The molecule has 1 saturated heterocycles. The Hall–Kier alpha value is -3.29. The van der Waals surface area contributed by atoms with E-state index in [0.29, 0.717) is 11.1 Å². The van der Waals surface area contributed by atoms with Crippen LogP contribution in [0.4, 0.5) is 14.5 Å². The van der Waals surface area contributed by atoms with Crippen molar-refractivity contribution < 1.29 is 27.9 Å². The van der Waals surface area contributed by atoms with Gasteiger partial charge in [-0.25, -0.2) is 0 Å². The van der Waals surface area contributed by atoms with Crippen molar-refractivity contribution in [1.29, 1.82) is 0 Å². The molecule has 1 heterocycles. The van der Waals surface area contributed by atoms with Crippen molar-refractivity contribution in [2.45, 2.75) is 26.0 Å². The molecule has 1 aliphatic heterocycles. The van der Waals surface area contributed by atoms with Gasteiger partial charge in [-0.05, 0) is 29.8 Å². The Balaban J connectivity index is 1.68. The quantitative estimate of drug-likeness (QED) is 0.788. The molecule has 1 aliphatic rings. The van der Waals surface area contributed by atoms with Gasteiger partial charge in [-0.1, -0.05) is 24.3 Å². The number of benzene rings is 2. The average molecular weight is 374 g/mol. The number of nitrogens with zero attached hydrogens (tertiary/aromatic N) is 1. The maximum Gasteiger partial charge on any atom is 0.387 e. The van der Waals surface area contributed by atoms with E-state index in [4.69, 9.17) is 0 Å². The van der Waals surface area contributed by atoms with Gasteiger partial charge >= 0.3 is 6.61 Å². The number of hydrogen-bond donors (Lipinski definition) is 1. The lowest BCUT2D eigenvalue weighted by Gasteiger charge is -2.14. The van der Waals surface area contributed by atoms with Crippen LogP contribution in [0.15, 0.2) is 48.5 Å². The van der Waals surface area contributed by atoms with Crippen LogP contribution >= 0.6 is 0 Å². The smallest absolute Gasteiger partial charge is 0.387 e. The van der Waals surface area contributed by atoms with Crippen LogP contribution in [-0.4, -0.2) is 29.2 Å². The molecule has 1 N–H and O–H groups in total. The number of alkyl halides is 2. The van der Waals surface area contributed by atoms with E-state index >= 15 is 0 Å². The van der Waals surface area contributed by atoms with Crippen molar-refractivity contribution in [2.24, 2.45) is 0 Å². The summed E-state index contributed by atoms with van der Waals surface area (Å²) in [6.45, 7) is -2.84. The summed E-state index contributed by atoms with van der Waals surface area (Å²) in [7, 11) is 0.